The lowest BCUT2D eigenvalue weighted by molar-refractivity contribution is -0.167. The molecule has 0 saturated heterocycles. The molecule has 0 heterocycles. The molecule has 0 fully saturated rings. The average molecular weight is 1100 g/mol. The molecule has 0 aromatic heterocycles. The number of rotatable bonds is 63. The van der Waals surface area contributed by atoms with Gasteiger partial charge in [-0.05, 0) is 89.9 Å². The topological polar surface area (TPSA) is 78.9 Å². The fraction of sp³-hybridized carbons (Fsp3) is 0.795. The Bertz CT molecular complexity index is 1450. The van der Waals surface area contributed by atoms with Crippen molar-refractivity contribution in [2.24, 2.45) is 0 Å². The smallest absolute Gasteiger partial charge is 0.306 e. The van der Waals surface area contributed by atoms with Gasteiger partial charge in [0.15, 0.2) is 6.10 Å². The Morgan fingerprint density at radius 1 is 0.266 bits per heavy atom. The van der Waals surface area contributed by atoms with E-state index in [2.05, 4.69) is 93.7 Å². The zero-order valence-electron chi connectivity index (χ0n) is 52.6. The third kappa shape index (κ3) is 65.5. The lowest BCUT2D eigenvalue weighted by atomic mass is 10.0. The lowest BCUT2D eigenvalue weighted by Gasteiger charge is -2.18. The van der Waals surface area contributed by atoms with E-state index < -0.39 is 6.10 Å². The van der Waals surface area contributed by atoms with Gasteiger partial charge in [-0.15, -0.1) is 0 Å². The molecule has 0 aliphatic heterocycles. The number of ether oxygens (including phenoxy) is 3. The zero-order valence-corrected chi connectivity index (χ0v) is 52.6. The van der Waals surface area contributed by atoms with Crippen LogP contribution >= 0.6 is 0 Å². The predicted octanol–water partition coefficient (Wildman–Crippen LogP) is 23.7. The second kappa shape index (κ2) is 67.4. The second-order valence-corrected chi connectivity index (χ2v) is 23.1. The van der Waals surface area contributed by atoms with Gasteiger partial charge in [-0.2, -0.15) is 0 Å². The molecule has 6 nitrogen and oxygen atoms in total. The molecule has 0 aromatic rings. The van der Waals surface area contributed by atoms with Crippen molar-refractivity contribution >= 4 is 17.9 Å². The van der Waals surface area contributed by atoms with Crippen LogP contribution in [0.25, 0.3) is 0 Å². The number of allylic oxidation sites excluding steroid dienone is 12. The van der Waals surface area contributed by atoms with Crippen LogP contribution in [0.1, 0.15) is 355 Å². The minimum absolute atomic E-state index is 0.0811. The summed E-state index contributed by atoms with van der Waals surface area (Å²) in [5, 5.41) is 0. The molecular formula is C73H130O6. The van der Waals surface area contributed by atoms with Crippen molar-refractivity contribution in [1.29, 1.82) is 0 Å². The van der Waals surface area contributed by atoms with E-state index >= 15 is 0 Å². The van der Waals surface area contributed by atoms with Gasteiger partial charge in [0.25, 0.3) is 0 Å². The van der Waals surface area contributed by atoms with Crippen LogP contribution in [0.5, 0.6) is 0 Å². The van der Waals surface area contributed by atoms with Crippen molar-refractivity contribution in [2.45, 2.75) is 361 Å². The molecule has 0 bridgehead atoms. The zero-order chi connectivity index (χ0) is 57.1. The van der Waals surface area contributed by atoms with Crippen LogP contribution in [-0.2, 0) is 28.6 Å². The van der Waals surface area contributed by atoms with Gasteiger partial charge < -0.3 is 14.2 Å². The summed E-state index contributed by atoms with van der Waals surface area (Å²) in [5.74, 6) is -0.885. The van der Waals surface area contributed by atoms with Gasteiger partial charge in [0.1, 0.15) is 13.2 Å². The van der Waals surface area contributed by atoms with E-state index in [0.29, 0.717) is 19.3 Å². The van der Waals surface area contributed by atoms with E-state index in [9.17, 15) is 14.4 Å². The first-order chi connectivity index (χ1) is 39.0. The number of hydrogen-bond donors (Lipinski definition) is 0. The summed E-state index contributed by atoms with van der Waals surface area (Å²) in [6.07, 6.45) is 87.8. The van der Waals surface area contributed by atoms with E-state index in [1.165, 1.54) is 212 Å². The highest BCUT2D eigenvalue weighted by molar-refractivity contribution is 5.71. The molecule has 1 atom stereocenters. The quantitative estimate of drug-likeness (QED) is 0.0261. The Morgan fingerprint density at radius 2 is 0.494 bits per heavy atom. The van der Waals surface area contributed by atoms with Gasteiger partial charge in [-0.25, -0.2) is 0 Å². The highest BCUT2D eigenvalue weighted by Gasteiger charge is 2.19. The molecule has 0 spiro atoms. The van der Waals surface area contributed by atoms with Crippen molar-refractivity contribution in [3.05, 3.63) is 72.9 Å². The first kappa shape index (κ1) is 75.8. The Kier molecular flexibility index (Phi) is 64.7. The molecule has 0 rings (SSSR count). The van der Waals surface area contributed by atoms with E-state index in [4.69, 9.17) is 14.2 Å². The average Bonchev–Trinajstić information content (AvgIpc) is 3.45. The van der Waals surface area contributed by atoms with Gasteiger partial charge in [0, 0.05) is 19.3 Å². The first-order valence-electron chi connectivity index (χ1n) is 34.4. The molecule has 0 aliphatic carbocycles. The summed E-state index contributed by atoms with van der Waals surface area (Å²) in [7, 11) is 0. The Hall–Kier alpha value is -3.15. The summed E-state index contributed by atoms with van der Waals surface area (Å²) in [6, 6.07) is 0. The van der Waals surface area contributed by atoms with Gasteiger partial charge in [-0.1, -0.05) is 318 Å². The molecule has 0 saturated carbocycles. The van der Waals surface area contributed by atoms with E-state index in [-0.39, 0.29) is 31.1 Å². The normalized spacial score (nSPS) is 12.5. The maximum absolute atomic E-state index is 12.9. The van der Waals surface area contributed by atoms with Crippen molar-refractivity contribution in [3.63, 3.8) is 0 Å². The summed E-state index contributed by atoms with van der Waals surface area (Å²) in [6.45, 7) is 6.55. The maximum atomic E-state index is 12.9. The van der Waals surface area contributed by atoms with Gasteiger partial charge in [-0.3, -0.25) is 14.4 Å². The summed E-state index contributed by atoms with van der Waals surface area (Å²) < 4.78 is 17.0. The van der Waals surface area contributed by atoms with E-state index in [1.807, 2.05) is 0 Å². The third-order valence-electron chi connectivity index (χ3n) is 15.2. The summed E-state index contributed by atoms with van der Waals surface area (Å²) in [4.78, 5) is 38.4. The highest BCUT2D eigenvalue weighted by Crippen LogP contribution is 2.18. The molecule has 79 heavy (non-hydrogen) atoms. The second-order valence-electron chi connectivity index (χ2n) is 23.1. The molecule has 0 aromatic carbocycles. The summed E-state index contributed by atoms with van der Waals surface area (Å²) in [5.41, 5.74) is 0. The van der Waals surface area contributed by atoms with Gasteiger partial charge in [0.2, 0.25) is 0 Å². The minimum Gasteiger partial charge on any atom is -0.462 e. The Labute approximate surface area is 491 Å². The number of carbonyl (C=O) groups excluding carboxylic acids is 3. The fourth-order valence-electron chi connectivity index (χ4n) is 10.1. The van der Waals surface area contributed by atoms with Crippen LogP contribution < -0.4 is 0 Å². The molecule has 6 heteroatoms. The number of carbonyl (C=O) groups is 3. The largest absolute Gasteiger partial charge is 0.462 e. The van der Waals surface area contributed by atoms with Crippen molar-refractivity contribution in [1.82, 2.24) is 0 Å². The Morgan fingerprint density at radius 3 is 0.772 bits per heavy atom. The van der Waals surface area contributed by atoms with Crippen LogP contribution in [0.3, 0.4) is 0 Å². The molecule has 0 radical (unpaired) electrons. The van der Waals surface area contributed by atoms with Crippen LogP contribution in [0, 0.1) is 0 Å². The van der Waals surface area contributed by atoms with Gasteiger partial charge in [0.05, 0.1) is 0 Å². The highest BCUT2D eigenvalue weighted by atomic mass is 16.6. The van der Waals surface area contributed by atoms with Crippen LogP contribution in [0.2, 0.25) is 0 Å². The third-order valence-corrected chi connectivity index (χ3v) is 15.2. The monoisotopic (exact) mass is 1100 g/mol. The van der Waals surface area contributed by atoms with E-state index in [1.54, 1.807) is 0 Å². The number of hydrogen-bond acceptors (Lipinski definition) is 6. The van der Waals surface area contributed by atoms with Crippen LogP contribution in [-0.4, -0.2) is 37.2 Å². The lowest BCUT2D eigenvalue weighted by Crippen LogP contribution is -2.30. The molecule has 0 aliphatic rings. The molecule has 0 amide bonds. The molecule has 458 valence electrons. The van der Waals surface area contributed by atoms with Crippen molar-refractivity contribution in [2.75, 3.05) is 13.2 Å². The fourth-order valence-corrected chi connectivity index (χ4v) is 10.1. The molecule has 0 N–H and O–H groups in total. The van der Waals surface area contributed by atoms with Crippen molar-refractivity contribution in [3.8, 4) is 0 Å². The number of esters is 3. The van der Waals surface area contributed by atoms with Crippen molar-refractivity contribution < 1.29 is 28.6 Å². The summed E-state index contributed by atoms with van der Waals surface area (Å²) >= 11 is 0. The van der Waals surface area contributed by atoms with Crippen LogP contribution in [0.15, 0.2) is 72.9 Å². The standard InChI is InChI=1S/C73H130O6/c1-4-7-10-13-16-19-22-25-28-30-31-32-33-34-35-36-37-38-39-40-41-43-45-48-51-54-57-60-63-66-72(75)78-69-70(68-77-71(74)65-62-59-56-53-50-47-44-27-24-21-18-15-12-9-6-3)79-73(76)67-64-61-58-55-52-49-46-42-29-26-23-20-17-14-11-8-5-2/h8,11,17,20,22,25-26,29-31,46,49,70H,4-7,9-10,12-16,18-19,21,23-24,27-28,32-45,47-48,50-69H2,1-3H3/b11-8-,20-17-,25-22-,29-26-,31-30-,49-46-. The number of unbranched alkanes of at least 4 members (excludes halogenated alkanes) is 40. The first-order valence-corrected chi connectivity index (χ1v) is 34.4. The van der Waals surface area contributed by atoms with Crippen LogP contribution in [0.4, 0.5) is 0 Å². The molecule has 1 unspecified atom stereocenters. The Balaban J connectivity index is 4.25. The maximum Gasteiger partial charge on any atom is 0.306 e. The SMILES string of the molecule is CC/C=C\C/C=C\C/C=C\C/C=C\CCCCCCC(=O)OC(COC(=O)CCCCCCCCCCCCCCCCC)COC(=O)CCCCCCCCCCCCCCCCCCC/C=C\C/C=C\CCCCCCC. The minimum atomic E-state index is -0.787. The predicted molar refractivity (Wildman–Crippen MR) is 344 cm³/mol. The van der Waals surface area contributed by atoms with E-state index in [0.717, 1.165) is 103 Å². The van der Waals surface area contributed by atoms with Gasteiger partial charge >= 0.3 is 17.9 Å². The molecular weight excluding hydrogens is 973 g/mol.